The summed E-state index contributed by atoms with van der Waals surface area (Å²) in [6.45, 7) is 0.130. The standard InChI is InChI=1S/C15H12ClN3O2S2/c16-12-2-1-3-13(8-12)23(20,21)18-9-15-19-14(10-22-15)11-4-6-17-7-5-11/h1-8,10,18H,9H2. The third kappa shape index (κ3) is 3.94. The molecular weight excluding hydrogens is 354 g/mol. The minimum atomic E-state index is -3.61. The van der Waals surface area contributed by atoms with E-state index in [9.17, 15) is 8.42 Å². The number of rotatable bonds is 5. The van der Waals surface area contributed by atoms with Crippen molar-refractivity contribution in [2.75, 3.05) is 0 Å². The molecule has 3 rings (SSSR count). The van der Waals surface area contributed by atoms with Gasteiger partial charge in [0.15, 0.2) is 0 Å². The van der Waals surface area contributed by atoms with Gasteiger partial charge in [-0.1, -0.05) is 17.7 Å². The summed E-state index contributed by atoms with van der Waals surface area (Å²) in [5, 5.41) is 2.95. The van der Waals surface area contributed by atoms with Crippen molar-refractivity contribution in [2.45, 2.75) is 11.4 Å². The van der Waals surface area contributed by atoms with Crippen LogP contribution < -0.4 is 4.72 Å². The minimum Gasteiger partial charge on any atom is -0.265 e. The van der Waals surface area contributed by atoms with Gasteiger partial charge in [0.1, 0.15) is 5.01 Å². The lowest BCUT2D eigenvalue weighted by Gasteiger charge is -2.05. The van der Waals surface area contributed by atoms with E-state index in [-0.39, 0.29) is 11.4 Å². The number of thiazole rings is 1. The molecule has 1 aromatic carbocycles. The molecule has 5 nitrogen and oxygen atoms in total. The van der Waals surface area contributed by atoms with Gasteiger partial charge in [0, 0.05) is 28.4 Å². The number of sulfonamides is 1. The first-order chi connectivity index (χ1) is 11.0. The third-order valence-corrected chi connectivity index (χ3v) is 5.53. The van der Waals surface area contributed by atoms with Gasteiger partial charge < -0.3 is 0 Å². The SMILES string of the molecule is O=S(=O)(NCc1nc(-c2ccncc2)cs1)c1cccc(Cl)c1. The summed E-state index contributed by atoms with van der Waals surface area (Å²) in [5.74, 6) is 0. The van der Waals surface area contributed by atoms with Crippen LogP contribution in [0.4, 0.5) is 0 Å². The number of aromatic nitrogens is 2. The summed E-state index contributed by atoms with van der Waals surface area (Å²) >= 11 is 7.23. The monoisotopic (exact) mass is 365 g/mol. The van der Waals surface area contributed by atoms with E-state index in [0.717, 1.165) is 11.3 Å². The number of nitrogens with one attached hydrogen (secondary N) is 1. The van der Waals surface area contributed by atoms with Crippen LogP contribution in [0.2, 0.25) is 5.02 Å². The van der Waals surface area contributed by atoms with Crippen LogP contribution in [0, 0.1) is 0 Å². The van der Waals surface area contributed by atoms with Gasteiger partial charge in [0.05, 0.1) is 17.1 Å². The summed E-state index contributed by atoms with van der Waals surface area (Å²) in [6, 6.07) is 9.85. The molecule has 0 fully saturated rings. The molecule has 1 N–H and O–H groups in total. The molecule has 0 saturated heterocycles. The fraction of sp³-hybridized carbons (Fsp3) is 0.0667. The van der Waals surface area contributed by atoms with Crippen LogP contribution in [-0.2, 0) is 16.6 Å². The molecule has 0 spiro atoms. The van der Waals surface area contributed by atoms with Crippen molar-refractivity contribution in [3.8, 4) is 11.3 Å². The molecule has 0 aliphatic rings. The van der Waals surface area contributed by atoms with E-state index in [1.807, 2.05) is 17.5 Å². The van der Waals surface area contributed by atoms with Crippen LogP contribution >= 0.6 is 22.9 Å². The van der Waals surface area contributed by atoms with E-state index >= 15 is 0 Å². The van der Waals surface area contributed by atoms with Crippen LogP contribution in [-0.4, -0.2) is 18.4 Å². The van der Waals surface area contributed by atoms with Crippen molar-refractivity contribution >= 4 is 33.0 Å². The number of nitrogens with zero attached hydrogens (tertiary/aromatic N) is 2. The fourth-order valence-electron chi connectivity index (χ4n) is 1.92. The topological polar surface area (TPSA) is 72.0 Å². The Morgan fingerprint density at radius 1 is 1.17 bits per heavy atom. The van der Waals surface area contributed by atoms with Crippen molar-refractivity contribution in [3.05, 3.63) is 64.2 Å². The summed E-state index contributed by atoms with van der Waals surface area (Å²) in [5.41, 5.74) is 1.74. The van der Waals surface area contributed by atoms with Crippen molar-refractivity contribution in [1.82, 2.24) is 14.7 Å². The van der Waals surface area contributed by atoms with Crippen molar-refractivity contribution in [2.24, 2.45) is 0 Å². The molecule has 0 bridgehead atoms. The molecule has 0 aliphatic heterocycles. The second-order valence-corrected chi connectivity index (χ2v) is 7.79. The second-order valence-electron chi connectivity index (χ2n) is 4.64. The maximum absolute atomic E-state index is 12.2. The lowest BCUT2D eigenvalue weighted by Crippen LogP contribution is -2.23. The van der Waals surface area contributed by atoms with Gasteiger partial charge in [0.2, 0.25) is 10.0 Å². The molecule has 23 heavy (non-hydrogen) atoms. The van der Waals surface area contributed by atoms with Gasteiger partial charge in [-0.05, 0) is 30.3 Å². The van der Waals surface area contributed by atoms with Gasteiger partial charge in [-0.2, -0.15) is 0 Å². The van der Waals surface area contributed by atoms with E-state index < -0.39 is 10.0 Å². The molecule has 0 aliphatic carbocycles. The maximum atomic E-state index is 12.2. The van der Waals surface area contributed by atoms with Crippen LogP contribution in [0.25, 0.3) is 11.3 Å². The number of hydrogen-bond donors (Lipinski definition) is 1. The quantitative estimate of drug-likeness (QED) is 0.752. The minimum absolute atomic E-state index is 0.130. The Hall–Kier alpha value is -1.80. The van der Waals surface area contributed by atoms with Crippen LogP contribution in [0.3, 0.4) is 0 Å². The first-order valence-electron chi connectivity index (χ1n) is 6.65. The molecule has 0 atom stereocenters. The first kappa shape index (κ1) is 16.1. The molecule has 3 aromatic rings. The van der Waals surface area contributed by atoms with Gasteiger partial charge in [-0.15, -0.1) is 11.3 Å². The highest BCUT2D eigenvalue weighted by atomic mass is 35.5. The Balaban J connectivity index is 1.73. The van der Waals surface area contributed by atoms with Crippen molar-refractivity contribution in [3.63, 3.8) is 0 Å². The Kier molecular flexibility index (Phi) is 4.72. The highest BCUT2D eigenvalue weighted by Gasteiger charge is 2.15. The molecule has 0 unspecified atom stereocenters. The van der Waals surface area contributed by atoms with E-state index in [4.69, 9.17) is 11.6 Å². The Morgan fingerprint density at radius 2 is 1.96 bits per heavy atom. The highest BCUT2D eigenvalue weighted by molar-refractivity contribution is 7.89. The molecule has 0 saturated carbocycles. The maximum Gasteiger partial charge on any atom is 0.241 e. The molecule has 0 radical (unpaired) electrons. The van der Waals surface area contributed by atoms with E-state index in [1.54, 1.807) is 24.5 Å². The molecule has 2 aromatic heterocycles. The van der Waals surface area contributed by atoms with Crippen LogP contribution in [0.1, 0.15) is 5.01 Å². The van der Waals surface area contributed by atoms with Gasteiger partial charge in [-0.25, -0.2) is 18.1 Å². The van der Waals surface area contributed by atoms with Gasteiger partial charge >= 0.3 is 0 Å². The summed E-state index contributed by atoms with van der Waals surface area (Å²) in [6.07, 6.45) is 3.38. The highest BCUT2D eigenvalue weighted by Crippen LogP contribution is 2.21. The predicted molar refractivity (Wildman–Crippen MR) is 90.8 cm³/mol. The van der Waals surface area contributed by atoms with Crippen LogP contribution in [0.15, 0.2) is 59.1 Å². The average Bonchev–Trinajstić information content (AvgIpc) is 3.03. The first-order valence-corrected chi connectivity index (χ1v) is 9.39. The fourth-order valence-corrected chi connectivity index (χ4v) is 4.04. The van der Waals surface area contributed by atoms with Gasteiger partial charge in [-0.3, -0.25) is 4.98 Å². The zero-order valence-electron chi connectivity index (χ0n) is 11.8. The molecule has 0 amide bonds. The summed E-state index contributed by atoms with van der Waals surface area (Å²) in [4.78, 5) is 8.53. The van der Waals surface area contributed by atoms with E-state index in [1.165, 1.54) is 23.5 Å². The second kappa shape index (κ2) is 6.76. The average molecular weight is 366 g/mol. The Labute approximate surface area is 143 Å². The Bertz CT molecular complexity index is 911. The number of benzene rings is 1. The largest absolute Gasteiger partial charge is 0.265 e. The smallest absolute Gasteiger partial charge is 0.241 e. The summed E-state index contributed by atoms with van der Waals surface area (Å²) < 4.78 is 27.0. The van der Waals surface area contributed by atoms with E-state index in [2.05, 4.69) is 14.7 Å². The predicted octanol–water partition coefficient (Wildman–Crippen LogP) is 3.34. The molecular formula is C15H12ClN3O2S2. The normalized spacial score (nSPS) is 11.5. The zero-order chi connectivity index (χ0) is 16.3. The molecule has 8 heteroatoms. The van der Waals surface area contributed by atoms with Crippen molar-refractivity contribution < 1.29 is 8.42 Å². The number of pyridine rings is 1. The zero-order valence-corrected chi connectivity index (χ0v) is 14.2. The molecule has 2 heterocycles. The van der Waals surface area contributed by atoms with Gasteiger partial charge in [0.25, 0.3) is 0 Å². The number of halogens is 1. The number of hydrogen-bond acceptors (Lipinski definition) is 5. The van der Waals surface area contributed by atoms with Crippen LogP contribution in [0.5, 0.6) is 0 Å². The molecule has 118 valence electrons. The van der Waals surface area contributed by atoms with Crippen molar-refractivity contribution in [1.29, 1.82) is 0 Å². The summed E-state index contributed by atoms with van der Waals surface area (Å²) in [7, 11) is -3.61. The van der Waals surface area contributed by atoms with E-state index in [0.29, 0.717) is 10.0 Å². The lowest BCUT2D eigenvalue weighted by molar-refractivity contribution is 0.581. The Morgan fingerprint density at radius 3 is 2.70 bits per heavy atom. The third-order valence-electron chi connectivity index (χ3n) is 3.05. The lowest BCUT2D eigenvalue weighted by atomic mass is 10.2.